The molecule has 0 aromatic heterocycles. The van der Waals surface area contributed by atoms with Crippen LogP contribution in [-0.2, 0) is 0 Å². The smallest absolute Gasteiger partial charge is 0.0455 e. The van der Waals surface area contributed by atoms with E-state index < -0.39 is 0 Å². The largest absolute Gasteiger partial charge is 0.382 e. The Kier molecular flexibility index (Phi) is 3.98. The minimum Gasteiger partial charge on any atom is -0.382 e. The second-order valence-electron chi connectivity index (χ2n) is 5.52. The lowest BCUT2D eigenvalue weighted by Gasteiger charge is -2.33. The zero-order valence-electron chi connectivity index (χ0n) is 11.0. The molecule has 1 saturated carbocycles. The van der Waals surface area contributed by atoms with Gasteiger partial charge in [-0.3, -0.25) is 0 Å². The highest BCUT2D eigenvalue weighted by atomic mass is 35.5. The predicted molar refractivity (Wildman–Crippen MR) is 75.8 cm³/mol. The standard InChI is InChI=1S/C15H22ClN/c1-10-7-8-13(9-11(10)2)17-15-6-4-5-14(16)12(15)3/h4-6,10-11,13,17H,7-9H2,1-3H3. The van der Waals surface area contributed by atoms with Crippen molar-refractivity contribution in [1.82, 2.24) is 0 Å². The van der Waals surface area contributed by atoms with E-state index in [2.05, 4.69) is 32.2 Å². The van der Waals surface area contributed by atoms with Crippen LogP contribution in [0.15, 0.2) is 18.2 Å². The Labute approximate surface area is 110 Å². The molecule has 0 aliphatic heterocycles. The summed E-state index contributed by atoms with van der Waals surface area (Å²) in [6.07, 6.45) is 3.88. The third kappa shape index (κ3) is 2.95. The molecule has 0 amide bonds. The molecule has 1 nitrogen and oxygen atoms in total. The highest BCUT2D eigenvalue weighted by Gasteiger charge is 2.24. The van der Waals surface area contributed by atoms with E-state index in [0.29, 0.717) is 6.04 Å². The second-order valence-corrected chi connectivity index (χ2v) is 5.93. The van der Waals surface area contributed by atoms with Crippen LogP contribution in [0.2, 0.25) is 5.02 Å². The van der Waals surface area contributed by atoms with Crippen molar-refractivity contribution in [3.63, 3.8) is 0 Å². The summed E-state index contributed by atoms with van der Waals surface area (Å²) in [7, 11) is 0. The molecule has 0 saturated heterocycles. The van der Waals surface area contributed by atoms with Crippen LogP contribution in [0, 0.1) is 18.8 Å². The predicted octanol–water partition coefficient (Wildman–Crippen LogP) is 4.89. The molecule has 3 unspecified atom stereocenters. The van der Waals surface area contributed by atoms with E-state index in [-0.39, 0.29) is 0 Å². The first-order chi connectivity index (χ1) is 8.08. The van der Waals surface area contributed by atoms with Crippen LogP contribution in [0.1, 0.15) is 38.7 Å². The lowest BCUT2D eigenvalue weighted by molar-refractivity contribution is 0.261. The first-order valence-corrected chi connectivity index (χ1v) is 6.97. The molecule has 0 bridgehead atoms. The number of nitrogens with one attached hydrogen (secondary N) is 1. The fourth-order valence-corrected chi connectivity index (χ4v) is 2.84. The zero-order chi connectivity index (χ0) is 12.4. The average Bonchev–Trinajstić information content (AvgIpc) is 2.30. The van der Waals surface area contributed by atoms with Gasteiger partial charge in [0, 0.05) is 16.8 Å². The number of benzene rings is 1. The molecule has 1 aromatic rings. The molecule has 0 radical (unpaired) electrons. The van der Waals surface area contributed by atoms with E-state index >= 15 is 0 Å². The molecule has 17 heavy (non-hydrogen) atoms. The van der Waals surface area contributed by atoms with Gasteiger partial charge >= 0.3 is 0 Å². The normalized spacial score (nSPS) is 29.1. The van der Waals surface area contributed by atoms with E-state index in [4.69, 9.17) is 11.6 Å². The Morgan fingerprint density at radius 2 is 1.94 bits per heavy atom. The van der Waals surface area contributed by atoms with Crippen LogP contribution in [0.3, 0.4) is 0 Å². The van der Waals surface area contributed by atoms with Gasteiger partial charge in [0.2, 0.25) is 0 Å². The molecule has 1 aromatic carbocycles. The summed E-state index contributed by atoms with van der Waals surface area (Å²) in [4.78, 5) is 0. The molecule has 1 aliphatic carbocycles. The molecule has 1 N–H and O–H groups in total. The molecule has 1 fully saturated rings. The number of anilines is 1. The second kappa shape index (κ2) is 5.30. The quantitative estimate of drug-likeness (QED) is 0.790. The summed E-state index contributed by atoms with van der Waals surface area (Å²) in [5.41, 5.74) is 2.37. The average molecular weight is 252 g/mol. The van der Waals surface area contributed by atoms with E-state index in [1.165, 1.54) is 30.5 Å². The van der Waals surface area contributed by atoms with Crippen molar-refractivity contribution in [3.8, 4) is 0 Å². The van der Waals surface area contributed by atoms with Crippen LogP contribution in [0.25, 0.3) is 0 Å². The van der Waals surface area contributed by atoms with Crippen molar-refractivity contribution in [2.75, 3.05) is 5.32 Å². The fourth-order valence-electron chi connectivity index (χ4n) is 2.66. The highest BCUT2D eigenvalue weighted by Crippen LogP contribution is 2.32. The van der Waals surface area contributed by atoms with Gasteiger partial charge in [-0.05, 0) is 55.7 Å². The Morgan fingerprint density at radius 3 is 2.65 bits per heavy atom. The Balaban J connectivity index is 2.04. The van der Waals surface area contributed by atoms with Crippen LogP contribution >= 0.6 is 11.6 Å². The van der Waals surface area contributed by atoms with Gasteiger partial charge in [0.25, 0.3) is 0 Å². The van der Waals surface area contributed by atoms with E-state index in [1.807, 2.05) is 12.1 Å². The summed E-state index contributed by atoms with van der Waals surface area (Å²) in [6.45, 7) is 6.81. The SMILES string of the molecule is Cc1c(Cl)cccc1NC1CCC(C)C(C)C1. The van der Waals surface area contributed by atoms with Crippen LogP contribution in [0.5, 0.6) is 0 Å². The van der Waals surface area contributed by atoms with Gasteiger partial charge in [-0.15, -0.1) is 0 Å². The first-order valence-electron chi connectivity index (χ1n) is 6.59. The maximum Gasteiger partial charge on any atom is 0.0455 e. The van der Waals surface area contributed by atoms with Gasteiger partial charge in [0.05, 0.1) is 0 Å². The summed E-state index contributed by atoms with van der Waals surface area (Å²) in [5.74, 6) is 1.69. The van der Waals surface area contributed by atoms with Gasteiger partial charge in [0.15, 0.2) is 0 Å². The molecule has 0 heterocycles. The Morgan fingerprint density at radius 1 is 1.18 bits per heavy atom. The molecule has 94 valence electrons. The summed E-state index contributed by atoms with van der Waals surface area (Å²) in [6, 6.07) is 6.71. The van der Waals surface area contributed by atoms with E-state index in [0.717, 1.165) is 16.9 Å². The monoisotopic (exact) mass is 251 g/mol. The molecule has 2 rings (SSSR count). The topological polar surface area (TPSA) is 12.0 Å². The van der Waals surface area contributed by atoms with Gasteiger partial charge < -0.3 is 5.32 Å². The molecular weight excluding hydrogens is 230 g/mol. The van der Waals surface area contributed by atoms with Crippen molar-refractivity contribution in [2.45, 2.75) is 46.1 Å². The van der Waals surface area contributed by atoms with Crippen LogP contribution in [0.4, 0.5) is 5.69 Å². The molecule has 1 aliphatic rings. The number of halogens is 1. The third-order valence-corrected chi connectivity index (χ3v) is 4.63. The van der Waals surface area contributed by atoms with Gasteiger partial charge in [0.1, 0.15) is 0 Å². The number of hydrogen-bond acceptors (Lipinski definition) is 1. The van der Waals surface area contributed by atoms with E-state index in [1.54, 1.807) is 0 Å². The lowest BCUT2D eigenvalue weighted by Crippen LogP contribution is -2.30. The minimum atomic E-state index is 0.610. The molecular formula is C15H22ClN. The molecule has 3 atom stereocenters. The fraction of sp³-hybridized carbons (Fsp3) is 0.600. The maximum atomic E-state index is 6.14. The van der Waals surface area contributed by atoms with Gasteiger partial charge in [-0.25, -0.2) is 0 Å². The number of rotatable bonds is 2. The van der Waals surface area contributed by atoms with Crippen molar-refractivity contribution in [3.05, 3.63) is 28.8 Å². The van der Waals surface area contributed by atoms with Crippen molar-refractivity contribution >= 4 is 17.3 Å². The summed E-state index contributed by atoms with van der Waals surface area (Å²) >= 11 is 6.14. The maximum absolute atomic E-state index is 6.14. The molecule has 0 spiro atoms. The van der Waals surface area contributed by atoms with Crippen molar-refractivity contribution < 1.29 is 0 Å². The minimum absolute atomic E-state index is 0.610. The summed E-state index contributed by atoms with van der Waals surface area (Å²) in [5, 5.41) is 4.51. The highest BCUT2D eigenvalue weighted by molar-refractivity contribution is 6.31. The zero-order valence-corrected chi connectivity index (χ0v) is 11.7. The van der Waals surface area contributed by atoms with E-state index in [9.17, 15) is 0 Å². The summed E-state index contributed by atoms with van der Waals surface area (Å²) < 4.78 is 0. The van der Waals surface area contributed by atoms with Crippen LogP contribution in [-0.4, -0.2) is 6.04 Å². The lowest BCUT2D eigenvalue weighted by atomic mass is 9.79. The third-order valence-electron chi connectivity index (χ3n) is 4.23. The Hall–Kier alpha value is -0.690. The molecule has 2 heteroatoms. The van der Waals surface area contributed by atoms with Crippen molar-refractivity contribution in [2.24, 2.45) is 11.8 Å². The van der Waals surface area contributed by atoms with Gasteiger partial charge in [-0.2, -0.15) is 0 Å². The first kappa shape index (κ1) is 12.8. The van der Waals surface area contributed by atoms with Crippen LogP contribution < -0.4 is 5.32 Å². The Bertz CT molecular complexity index is 389. The van der Waals surface area contributed by atoms with Crippen molar-refractivity contribution in [1.29, 1.82) is 0 Å². The van der Waals surface area contributed by atoms with Gasteiger partial charge in [-0.1, -0.05) is 31.5 Å². The number of hydrogen-bond donors (Lipinski definition) is 1.